The molecule has 0 bridgehead atoms. The summed E-state index contributed by atoms with van der Waals surface area (Å²) in [4.78, 5) is 0. The number of rotatable bonds is 1. The fourth-order valence-electron chi connectivity index (χ4n) is 0.658. The molecular formula is C6H9ClN2O. The largest absolute Gasteiger partial charge is 0.370 e. The van der Waals surface area contributed by atoms with E-state index in [0.717, 1.165) is 0 Å². The second-order valence-electron chi connectivity index (χ2n) is 2.33. The van der Waals surface area contributed by atoms with Gasteiger partial charge in [0.05, 0.1) is 0 Å². The van der Waals surface area contributed by atoms with Crippen LogP contribution < -0.4 is 0 Å². The molecule has 1 heterocycles. The van der Waals surface area contributed by atoms with Crippen molar-refractivity contribution in [2.24, 2.45) is 7.05 Å². The van der Waals surface area contributed by atoms with E-state index in [1.54, 1.807) is 24.0 Å². The lowest BCUT2D eigenvalue weighted by molar-refractivity contribution is 0.144. The number of aromatic nitrogens is 2. The van der Waals surface area contributed by atoms with Gasteiger partial charge in [0.2, 0.25) is 0 Å². The molecule has 1 atom stereocenters. The molecule has 1 unspecified atom stereocenters. The van der Waals surface area contributed by atoms with Crippen molar-refractivity contribution in [1.29, 1.82) is 0 Å². The van der Waals surface area contributed by atoms with E-state index in [4.69, 9.17) is 11.6 Å². The zero-order valence-corrected chi connectivity index (χ0v) is 6.63. The average molecular weight is 161 g/mol. The predicted octanol–water partition coefficient (Wildman–Crippen LogP) is 0.824. The Labute approximate surface area is 64.2 Å². The average Bonchev–Trinajstić information content (AvgIpc) is 2.11. The summed E-state index contributed by atoms with van der Waals surface area (Å²) in [5, 5.41) is 11.8. The van der Waals surface area contributed by atoms with Gasteiger partial charge in [-0.1, -0.05) is 11.6 Å². The third-order valence-electron chi connectivity index (χ3n) is 1.18. The molecule has 0 amide bonds. The SMILES string of the molecule is Cn1ccc(C(C)(O)Cl)n1. The molecule has 0 saturated heterocycles. The maximum absolute atomic E-state index is 9.19. The van der Waals surface area contributed by atoms with Gasteiger partial charge < -0.3 is 5.11 Å². The maximum Gasteiger partial charge on any atom is 0.180 e. The van der Waals surface area contributed by atoms with E-state index in [9.17, 15) is 5.11 Å². The van der Waals surface area contributed by atoms with Gasteiger partial charge in [-0.05, 0) is 13.0 Å². The molecule has 1 aromatic heterocycles. The van der Waals surface area contributed by atoms with Gasteiger partial charge in [0.1, 0.15) is 5.69 Å². The number of halogens is 1. The lowest BCUT2D eigenvalue weighted by Gasteiger charge is -2.09. The molecule has 1 N–H and O–H groups in total. The van der Waals surface area contributed by atoms with Crippen molar-refractivity contribution in [2.75, 3.05) is 0 Å². The Morgan fingerprint density at radius 3 is 2.60 bits per heavy atom. The Morgan fingerprint density at radius 1 is 1.80 bits per heavy atom. The number of nitrogens with zero attached hydrogens (tertiary/aromatic N) is 2. The van der Waals surface area contributed by atoms with Crippen LogP contribution in [0.3, 0.4) is 0 Å². The van der Waals surface area contributed by atoms with Crippen molar-refractivity contribution < 1.29 is 5.11 Å². The van der Waals surface area contributed by atoms with Crippen LogP contribution in [0.1, 0.15) is 12.6 Å². The molecule has 0 fully saturated rings. The Morgan fingerprint density at radius 2 is 2.40 bits per heavy atom. The quantitative estimate of drug-likeness (QED) is 0.618. The monoisotopic (exact) mass is 160 g/mol. The van der Waals surface area contributed by atoms with Crippen molar-refractivity contribution in [2.45, 2.75) is 12.0 Å². The minimum atomic E-state index is -1.35. The summed E-state index contributed by atoms with van der Waals surface area (Å²) in [6.07, 6.45) is 1.73. The molecule has 56 valence electrons. The molecule has 0 aliphatic carbocycles. The van der Waals surface area contributed by atoms with Gasteiger partial charge in [-0.2, -0.15) is 5.10 Å². The second-order valence-corrected chi connectivity index (χ2v) is 3.06. The summed E-state index contributed by atoms with van der Waals surface area (Å²) in [7, 11) is 1.77. The first-order chi connectivity index (χ1) is 4.50. The molecule has 3 nitrogen and oxygen atoms in total. The smallest absolute Gasteiger partial charge is 0.180 e. The maximum atomic E-state index is 9.19. The van der Waals surface area contributed by atoms with Gasteiger partial charge in [-0.3, -0.25) is 4.68 Å². The zero-order chi connectivity index (χ0) is 7.78. The van der Waals surface area contributed by atoms with E-state index in [0.29, 0.717) is 5.69 Å². The third-order valence-corrected chi connectivity index (χ3v) is 1.37. The summed E-state index contributed by atoms with van der Waals surface area (Å²) in [6.45, 7) is 1.48. The molecule has 1 rings (SSSR count). The van der Waals surface area contributed by atoms with Gasteiger partial charge in [-0.15, -0.1) is 0 Å². The van der Waals surface area contributed by atoms with Crippen LogP contribution in [0, 0.1) is 0 Å². The molecular weight excluding hydrogens is 152 g/mol. The van der Waals surface area contributed by atoms with Gasteiger partial charge in [0.25, 0.3) is 0 Å². The van der Waals surface area contributed by atoms with Crippen molar-refractivity contribution in [1.82, 2.24) is 9.78 Å². The molecule has 10 heavy (non-hydrogen) atoms. The van der Waals surface area contributed by atoms with Gasteiger partial charge in [0.15, 0.2) is 5.06 Å². The van der Waals surface area contributed by atoms with Crippen molar-refractivity contribution >= 4 is 11.6 Å². The summed E-state index contributed by atoms with van der Waals surface area (Å²) in [5.41, 5.74) is 0.469. The number of alkyl halides is 1. The first-order valence-electron chi connectivity index (χ1n) is 2.91. The van der Waals surface area contributed by atoms with Crippen LogP contribution in [-0.4, -0.2) is 14.9 Å². The number of hydrogen-bond donors (Lipinski definition) is 1. The molecule has 0 spiro atoms. The fraction of sp³-hybridized carbons (Fsp3) is 0.500. The minimum Gasteiger partial charge on any atom is -0.370 e. The first-order valence-corrected chi connectivity index (χ1v) is 3.29. The Kier molecular flexibility index (Phi) is 1.70. The molecule has 4 heteroatoms. The molecule has 0 aliphatic rings. The van der Waals surface area contributed by atoms with Crippen LogP contribution in [0.25, 0.3) is 0 Å². The summed E-state index contributed by atoms with van der Waals surface area (Å²) in [5.74, 6) is 0. The summed E-state index contributed by atoms with van der Waals surface area (Å²) in [6, 6.07) is 1.67. The van der Waals surface area contributed by atoms with Crippen LogP contribution in [-0.2, 0) is 12.1 Å². The Balaban J connectivity index is 2.96. The lowest BCUT2D eigenvalue weighted by Crippen LogP contribution is -2.12. The van der Waals surface area contributed by atoms with E-state index in [1.165, 1.54) is 6.92 Å². The summed E-state index contributed by atoms with van der Waals surface area (Å²) < 4.78 is 1.59. The normalized spacial score (nSPS) is 16.8. The standard InChI is InChI=1S/C6H9ClN2O/c1-6(7,10)5-3-4-9(2)8-5/h3-4,10H,1-2H3. The van der Waals surface area contributed by atoms with Gasteiger partial charge in [-0.25, -0.2) is 0 Å². The van der Waals surface area contributed by atoms with E-state index in [1.807, 2.05) is 0 Å². The number of hydrogen-bond acceptors (Lipinski definition) is 2. The van der Waals surface area contributed by atoms with Crippen LogP contribution in [0.2, 0.25) is 0 Å². The number of aryl methyl sites for hydroxylation is 1. The van der Waals surface area contributed by atoms with Crippen molar-refractivity contribution in [3.05, 3.63) is 18.0 Å². The Bertz CT molecular complexity index is 226. The third kappa shape index (κ3) is 1.49. The van der Waals surface area contributed by atoms with Crippen LogP contribution >= 0.6 is 11.6 Å². The van der Waals surface area contributed by atoms with E-state index in [-0.39, 0.29) is 0 Å². The van der Waals surface area contributed by atoms with E-state index < -0.39 is 5.06 Å². The Hall–Kier alpha value is -0.540. The van der Waals surface area contributed by atoms with Crippen molar-refractivity contribution in [3.8, 4) is 0 Å². The minimum absolute atomic E-state index is 0.469. The van der Waals surface area contributed by atoms with Crippen LogP contribution in [0.4, 0.5) is 0 Å². The molecule has 1 aromatic rings. The molecule has 0 radical (unpaired) electrons. The van der Waals surface area contributed by atoms with E-state index >= 15 is 0 Å². The van der Waals surface area contributed by atoms with Crippen molar-refractivity contribution in [3.63, 3.8) is 0 Å². The first kappa shape index (κ1) is 7.57. The second kappa shape index (κ2) is 2.25. The van der Waals surface area contributed by atoms with Gasteiger partial charge in [0, 0.05) is 13.2 Å². The topological polar surface area (TPSA) is 38.0 Å². The zero-order valence-electron chi connectivity index (χ0n) is 5.87. The van der Waals surface area contributed by atoms with Crippen LogP contribution in [0.15, 0.2) is 12.3 Å². The highest BCUT2D eigenvalue weighted by atomic mass is 35.5. The fourth-order valence-corrected chi connectivity index (χ4v) is 0.759. The molecule has 0 saturated carbocycles. The van der Waals surface area contributed by atoms with E-state index in [2.05, 4.69) is 5.10 Å². The molecule has 0 aromatic carbocycles. The lowest BCUT2D eigenvalue weighted by atomic mass is 10.3. The predicted molar refractivity (Wildman–Crippen MR) is 38.6 cm³/mol. The number of aliphatic hydroxyl groups is 1. The van der Waals surface area contributed by atoms with Gasteiger partial charge >= 0.3 is 0 Å². The highest BCUT2D eigenvalue weighted by Gasteiger charge is 2.21. The highest BCUT2D eigenvalue weighted by Crippen LogP contribution is 2.21. The molecule has 0 aliphatic heterocycles. The summed E-state index contributed by atoms with van der Waals surface area (Å²) >= 11 is 5.55. The van der Waals surface area contributed by atoms with Crippen LogP contribution in [0.5, 0.6) is 0 Å². The highest BCUT2D eigenvalue weighted by molar-refractivity contribution is 6.22.